The van der Waals surface area contributed by atoms with Crippen LogP contribution in [0.15, 0.2) is 24.4 Å². The number of likely N-dealkylation sites (tertiary alicyclic amines) is 1. The van der Waals surface area contributed by atoms with Crippen LogP contribution in [-0.2, 0) is 4.79 Å². The summed E-state index contributed by atoms with van der Waals surface area (Å²) in [6.07, 6.45) is 4.45. The minimum Gasteiger partial charge on any atom is -0.310 e. The summed E-state index contributed by atoms with van der Waals surface area (Å²) in [5.41, 5.74) is 0.610. The minimum atomic E-state index is -0.0966. The fourth-order valence-corrected chi connectivity index (χ4v) is 1.55. The van der Waals surface area contributed by atoms with Crippen LogP contribution < -0.4 is 0 Å². The highest BCUT2D eigenvalue weighted by Gasteiger charge is 2.38. The van der Waals surface area contributed by atoms with E-state index in [1.54, 1.807) is 4.90 Å². The van der Waals surface area contributed by atoms with Crippen molar-refractivity contribution < 1.29 is 4.79 Å². The molecule has 0 aromatic heterocycles. The van der Waals surface area contributed by atoms with Crippen molar-refractivity contribution in [3.8, 4) is 0 Å². The normalized spacial score (nSPS) is 22.8. The van der Waals surface area contributed by atoms with Gasteiger partial charge in [-0.2, -0.15) is 0 Å². The first kappa shape index (κ1) is 9.04. The van der Waals surface area contributed by atoms with Gasteiger partial charge < -0.3 is 4.90 Å². The second kappa shape index (κ2) is 2.77. The van der Waals surface area contributed by atoms with Crippen molar-refractivity contribution in [3.05, 3.63) is 24.4 Å². The second-order valence-electron chi connectivity index (χ2n) is 3.75. The first-order chi connectivity index (χ1) is 5.49. The first-order valence-corrected chi connectivity index (χ1v) is 4.13. The standard InChI is InChI=1S/C10H15NO/c1-5-6-11-9(12)8(2)7-10(11,3)4/h5-6H,2,7H2,1,3-4H3/b6-5+. The van der Waals surface area contributed by atoms with Crippen molar-refractivity contribution in [1.82, 2.24) is 4.90 Å². The molecule has 1 aliphatic rings. The Balaban J connectivity index is 2.96. The Bertz CT molecular complexity index is 251. The molecule has 0 bridgehead atoms. The molecule has 0 radical (unpaired) electrons. The van der Waals surface area contributed by atoms with Crippen LogP contribution in [0, 0.1) is 0 Å². The van der Waals surface area contributed by atoms with Gasteiger partial charge in [-0.25, -0.2) is 0 Å². The molecule has 0 aliphatic carbocycles. The third kappa shape index (κ3) is 1.29. The summed E-state index contributed by atoms with van der Waals surface area (Å²) in [5, 5.41) is 0. The molecule has 0 N–H and O–H groups in total. The van der Waals surface area contributed by atoms with E-state index in [0.717, 1.165) is 6.42 Å². The van der Waals surface area contributed by atoms with Gasteiger partial charge in [0, 0.05) is 23.7 Å². The fraction of sp³-hybridized carbons (Fsp3) is 0.500. The minimum absolute atomic E-state index is 0.0538. The van der Waals surface area contributed by atoms with E-state index in [1.807, 2.05) is 33.0 Å². The number of carbonyl (C=O) groups excluding carboxylic acids is 1. The van der Waals surface area contributed by atoms with Crippen molar-refractivity contribution in [3.63, 3.8) is 0 Å². The van der Waals surface area contributed by atoms with E-state index < -0.39 is 0 Å². The molecule has 1 heterocycles. The van der Waals surface area contributed by atoms with E-state index in [1.165, 1.54) is 0 Å². The van der Waals surface area contributed by atoms with Crippen molar-refractivity contribution in [1.29, 1.82) is 0 Å². The molecule has 12 heavy (non-hydrogen) atoms. The zero-order valence-electron chi connectivity index (χ0n) is 7.92. The average molecular weight is 165 g/mol. The summed E-state index contributed by atoms with van der Waals surface area (Å²) in [4.78, 5) is 13.2. The van der Waals surface area contributed by atoms with Crippen LogP contribution >= 0.6 is 0 Å². The predicted molar refractivity (Wildman–Crippen MR) is 49.5 cm³/mol. The quantitative estimate of drug-likeness (QED) is 0.545. The highest BCUT2D eigenvalue weighted by molar-refractivity contribution is 5.96. The Kier molecular flexibility index (Phi) is 2.09. The maximum absolute atomic E-state index is 11.5. The van der Waals surface area contributed by atoms with Crippen molar-refractivity contribution in [2.24, 2.45) is 0 Å². The number of hydrogen-bond donors (Lipinski definition) is 0. The van der Waals surface area contributed by atoms with Crippen LogP contribution in [0.4, 0.5) is 0 Å². The number of rotatable bonds is 1. The van der Waals surface area contributed by atoms with Crippen LogP contribution in [0.2, 0.25) is 0 Å². The summed E-state index contributed by atoms with van der Waals surface area (Å²) in [7, 11) is 0. The fourth-order valence-electron chi connectivity index (χ4n) is 1.55. The summed E-state index contributed by atoms with van der Waals surface area (Å²) < 4.78 is 0. The molecule has 1 rings (SSSR count). The third-order valence-electron chi connectivity index (χ3n) is 2.12. The lowest BCUT2D eigenvalue weighted by Crippen LogP contribution is -2.36. The van der Waals surface area contributed by atoms with E-state index in [0.29, 0.717) is 5.57 Å². The Morgan fingerprint density at radius 1 is 1.58 bits per heavy atom. The van der Waals surface area contributed by atoms with E-state index >= 15 is 0 Å². The summed E-state index contributed by atoms with van der Waals surface area (Å²) in [5.74, 6) is 0.0538. The van der Waals surface area contributed by atoms with E-state index in [4.69, 9.17) is 0 Å². The maximum Gasteiger partial charge on any atom is 0.253 e. The van der Waals surface area contributed by atoms with E-state index in [-0.39, 0.29) is 11.4 Å². The van der Waals surface area contributed by atoms with Gasteiger partial charge in [0.2, 0.25) is 0 Å². The molecule has 0 spiro atoms. The molecule has 0 atom stereocenters. The van der Waals surface area contributed by atoms with Gasteiger partial charge in [-0.05, 0) is 20.8 Å². The summed E-state index contributed by atoms with van der Waals surface area (Å²) >= 11 is 0. The smallest absolute Gasteiger partial charge is 0.253 e. The molecule has 2 heteroatoms. The van der Waals surface area contributed by atoms with Gasteiger partial charge >= 0.3 is 0 Å². The highest BCUT2D eigenvalue weighted by Crippen LogP contribution is 2.32. The molecular formula is C10H15NO. The van der Waals surface area contributed by atoms with Gasteiger partial charge in [-0.3, -0.25) is 4.79 Å². The molecule has 1 saturated heterocycles. The van der Waals surface area contributed by atoms with Gasteiger partial charge in [0.05, 0.1) is 0 Å². The van der Waals surface area contributed by atoms with Gasteiger partial charge in [-0.1, -0.05) is 12.7 Å². The SMILES string of the molecule is C=C1CC(C)(C)N(/C=C/C)C1=O. The van der Waals surface area contributed by atoms with Crippen LogP contribution in [0.25, 0.3) is 0 Å². The number of nitrogens with zero attached hydrogens (tertiary/aromatic N) is 1. The summed E-state index contributed by atoms with van der Waals surface area (Å²) in [6, 6.07) is 0. The zero-order valence-corrected chi connectivity index (χ0v) is 7.92. The molecule has 0 unspecified atom stereocenters. The average Bonchev–Trinajstić information content (AvgIpc) is 2.13. The molecule has 0 aromatic carbocycles. The van der Waals surface area contributed by atoms with Crippen LogP contribution in [0.1, 0.15) is 27.2 Å². The largest absolute Gasteiger partial charge is 0.310 e. The lowest BCUT2D eigenvalue weighted by Gasteiger charge is -2.27. The van der Waals surface area contributed by atoms with Gasteiger partial charge in [0.1, 0.15) is 0 Å². The van der Waals surface area contributed by atoms with Crippen molar-refractivity contribution >= 4 is 5.91 Å². The number of carbonyl (C=O) groups is 1. The third-order valence-corrected chi connectivity index (χ3v) is 2.12. The van der Waals surface area contributed by atoms with Crippen LogP contribution in [0.3, 0.4) is 0 Å². The van der Waals surface area contributed by atoms with Crippen molar-refractivity contribution in [2.45, 2.75) is 32.7 Å². The summed E-state index contributed by atoms with van der Waals surface area (Å²) in [6.45, 7) is 9.73. The van der Waals surface area contributed by atoms with Crippen molar-refractivity contribution in [2.75, 3.05) is 0 Å². The Labute approximate surface area is 73.6 Å². The molecule has 66 valence electrons. The molecule has 1 aliphatic heterocycles. The molecule has 1 amide bonds. The molecule has 2 nitrogen and oxygen atoms in total. The Hall–Kier alpha value is -1.05. The highest BCUT2D eigenvalue weighted by atomic mass is 16.2. The lowest BCUT2D eigenvalue weighted by atomic mass is 10.0. The Morgan fingerprint density at radius 3 is 2.50 bits per heavy atom. The number of hydrogen-bond acceptors (Lipinski definition) is 1. The molecular weight excluding hydrogens is 150 g/mol. The topological polar surface area (TPSA) is 20.3 Å². The maximum atomic E-state index is 11.5. The predicted octanol–water partition coefficient (Wildman–Crippen LogP) is 2.09. The number of amides is 1. The molecule has 1 fully saturated rings. The van der Waals surface area contributed by atoms with Gasteiger partial charge in [0.25, 0.3) is 5.91 Å². The monoisotopic (exact) mass is 165 g/mol. The zero-order chi connectivity index (χ0) is 9.35. The van der Waals surface area contributed by atoms with E-state index in [2.05, 4.69) is 6.58 Å². The second-order valence-corrected chi connectivity index (χ2v) is 3.75. The molecule has 0 aromatic rings. The van der Waals surface area contributed by atoms with Crippen LogP contribution in [-0.4, -0.2) is 16.3 Å². The molecule has 0 saturated carbocycles. The lowest BCUT2D eigenvalue weighted by molar-refractivity contribution is -0.125. The first-order valence-electron chi connectivity index (χ1n) is 4.13. The van der Waals surface area contributed by atoms with Gasteiger partial charge in [-0.15, -0.1) is 0 Å². The van der Waals surface area contributed by atoms with Gasteiger partial charge in [0.15, 0.2) is 0 Å². The van der Waals surface area contributed by atoms with E-state index in [9.17, 15) is 4.79 Å². The van der Waals surface area contributed by atoms with Crippen LogP contribution in [0.5, 0.6) is 0 Å². The number of allylic oxidation sites excluding steroid dienone is 1. The Morgan fingerprint density at radius 2 is 2.17 bits per heavy atom.